The molecule has 47 heavy (non-hydrogen) atoms. The molecule has 1 aromatic heterocycles. The lowest BCUT2D eigenvalue weighted by Crippen LogP contribution is -2.44. The van der Waals surface area contributed by atoms with E-state index in [1.807, 2.05) is 25.1 Å². The van der Waals surface area contributed by atoms with Crippen LogP contribution in [0.2, 0.25) is 0 Å². The number of nitrogens with one attached hydrogen (secondary N) is 2. The number of imidazole rings is 1. The zero-order chi connectivity index (χ0) is 33.5. The van der Waals surface area contributed by atoms with Crippen molar-refractivity contribution in [3.05, 3.63) is 77.0 Å². The third-order valence-electron chi connectivity index (χ3n) is 8.32. The van der Waals surface area contributed by atoms with Gasteiger partial charge < -0.3 is 40.2 Å². The number of carbonyl (C=O) groups excluding carboxylic acids is 3. The van der Waals surface area contributed by atoms with Gasteiger partial charge in [0, 0.05) is 38.8 Å². The van der Waals surface area contributed by atoms with E-state index in [2.05, 4.69) is 38.1 Å². The van der Waals surface area contributed by atoms with Gasteiger partial charge in [-0.15, -0.1) is 0 Å². The highest BCUT2D eigenvalue weighted by Crippen LogP contribution is 2.32. The van der Waals surface area contributed by atoms with Gasteiger partial charge in [-0.05, 0) is 81.3 Å². The maximum Gasteiger partial charge on any atom is 0.258 e. The SMILES string of the molecule is COc1cc(C(=O)N(C)c2ccc(C)cc2OCCCCC(=C=O)N2CCN(C)CC2)ccc1NC(=O)c1cccc2[nH]c(N)nc12. The van der Waals surface area contributed by atoms with E-state index in [4.69, 9.17) is 15.2 Å². The molecule has 0 saturated carbocycles. The van der Waals surface area contributed by atoms with Crippen LogP contribution in [0.1, 0.15) is 45.5 Å². The maximum atomic E-state index is 13.7. The third-order valence-corrected chi connectivity index (χ3v) is 8.32. The Labute approximate surface area is 274 Å². The van der Waals surface area contributed by atoms with Crippen molar-refractivity contribution in [3.63, 3.8) is 0 Å². The number of carbonyl (C=O) groups is 2. The van der Waals surface area contributed by atoms with E-state index in [-0.39, 0.29) is 11.9 Å². The molecule has 4 aromatic rings. The molecule has 0 spiro atoms. The molecule has 0 aliphatic carbocycles. The number of amides is 2. The Morgan fingerprint density at radius 1 is 1.06 bits per heavy atom. The molecule has 0 radical (unpaired) electrons. The Bertz CT molecular complexity index is 1810. The average molecular weight is 640 g/mol. The molecule has 1 aliphatic rings. The number of fused-ring (bicyclic) bond motifs is 1. The smallest absolute Gasteiger partial charge is 0.258 e. The van der Waals surface area contributed by atoms with Crippen LogP contribution in [-0.4, -0.2) is 91.5 Å². The van der Waals surface area contributed by atoms with Crippen molar-refractivity contribution >= 4 is 46.1 Å². The Balaban J connectivity index is 1.22. The standard InChI is InChI=1S/C35H41N7O5/c1-23-11-14-29(31(20-23)47-19-6-5-8-25(22-43)42-17-15-40(2)16-18-42)41(3)34(45)24-12-13-27(30(21-24)46-4)37-33(44)26-9-7-10-28-32(26)39-35(36)38-28/h7,9-14,20-21H,5-6,8,15-19H2,1-4H3,(H,37,44)(H3,36,38,39). The molecule has 0 atom stereocenters. The first-order chi connectivity index (χ1) is 22.7. The summed E-state index contributed by atoms with van der Waals surface area (Å²) in [6.45, 7) is 5.95. The summed E-state index contributed by atoms with van der Waals surface area (Å²) in [5, 5.41) is 2.86. The Hall–Kier alpha value is -5.32. The molecule has 1 saturated heterocycles. The highest BCUT2D eigenvalue weighted by Gasteiger charge is 2.21. The number of nitrogens with two attached hydrogens (primary N) is 1. The number of hydrogen-bond donors (Lipinski definition) is 3. The number of likely N-dealkylation sites (N-methyl/N-ethyl adjacent to an activating group) is 1. The number of aryl methyl sites for hydroxylation is 1. The normalized spacial score (nSPS) is 13.2. The molecule has 12 heteroatoms. The average Bonchev–Trinajstić information content (AvgIpc) is 3.46. The summed E-state index contributed by atoms with van der Waals surface area (Å²) in [6, 6.07) is 15.7. The lowest BCUT2D eigenvalue weighted by molar-refractivity contribution is 0.0990. The molecule has 2 heterocycles. The van der Waals surface area contributed by atoms with Crippen molar-refractivity contribution in [2.75, 3.05) is 69.9 Å². The fraction of sp³-hybridized carbons (Fsp3) is 0.343. The number of piperazine rings is 1. The quantitative estimate of drug-likeness (QED) is 0.151. The summed E-state index contributed by atoms with van der Waals surface area (Å²) >= 11 is 0. The second kappa shape index (κ2) is 14.8. The first-order valence-electron chi connectivity index (χ1n) is 15.6. The molecule has 3 aromatic carbocycles. The maximum absolute atomic E-state index is 13.7. The number of nitrogen functional groups attached to an aromatic ring is 1. The molecular weight excluding hydrogens is 598 g/mol. The second-order valence-electron chi connectivity index (χ2n) is 11.7. The lowest BCUT2D eigenvalue weighted by atomic mass is 10.1. The summed E-state index contributed by atoms with van der Waals surface area (Å²) in [4.78, 5) is 51.5. The van der Waals surface area contributed by atoms with Gasteiger partial charge in [-0.25, -0.2) is 9.78 Å². The van der Waals surface area contributed by atoms with E-state index in [1.54, 1.807) is 43.4 Å². The monoisotopic (exact) mass is 639 g/mol. The summed E-state index contributed by atoms with van der Waals surface area (Å²) < 4.78 is 11.7. The first-order valence-corrected chi connectivity index (χ1v) is 15.6. The predicted octanol–water partition coefficient (Wildman–Crippen LogP) is 4.50. The van der Waals surface area contributed by atoms with Gasteiger partial charge in [0.15, 0.2) is 5.95 Å². The van der Waals surface area contributed by atoms with Crippen molar-refractivity contribution < 1.29 is 23.9 Å². The van der Waals surface area contributed by atoms with Gasteiger partial charge >= 0.3 is 0 Å². The number of rotatable bonds is 12. The van der Waals surface area contributed by atoms with Gasteiger partial charge in [-0.3, -0.25) is 9.59 Å². The number of aromatic amines is 1. The fourth-order valence-electron chi connectivity index (χ4n) is 5.60. The largest absolute Gasteiger partial charge is 0.495 e. The van der Waals surface area contributed by atoms with Gasteiger partial charge in [0.25, 0.3) is 11.8 Å². The zero-order valence-electron chi connectivity index (χ0n) is 27.3. The Morgan fingerprint density at radius 3 is 2.60 bits per heavy atom. The van der Waals surface area contributed by atoms with E-state index >= 15 is 0 Å². The first kappa shape index (κ1) is 33.1. The molecule has 1 aliphatic heterocycles. The van der Waals surface area contributed by atoms with Gasteiger partial charge in [0.05, 0.1) is 41.9 Å². The molecule has 1 fully saturated rings. The molecule has 12 nitrogen and oxygen atoms in total. The molecule has 4 N–H and O–H groups in total. The number of aromatic nitrogens is 2. The molecule has 2 amide bonds. The molecular formula is C35H41N7O5. The summed E-state index contributed by atoms with van der Waals surface area (Å²) in [5.41, 5.74) is 10.4. The third kappa shape index (κ3) is 7.74. The zero-order valence-corrected chi connectivity index (χ0v) is 27.3. The number of para-hydroxylation sites is 1. The van der Waals surface area contributed by atoms with Gasteiger partial charge in [0.2, 0.25) is 0 Å². The molecule has 0 unspecified atom stereocenters. The van der Waals surface area contributed by atoms with Crippen molar-refractivity contribution in [1.82, 2.24) is 19.8 Å². The van der Waals surface area contributed by atoms with Crippen LogP contribution in [0.5, 0.6) is 11.5 Å². The fourth-order valence-corrected chi connectivity index (χ4v) is 5.60. The van der Waals surface area contributed by atoms with Gasteiger partial charge in [0.1, 0.15) is 23.0 Å². The van der Waals surface area contributed by atoms with Crippen LogP contribution in [0, 0.1) is 6.92 Å². The van der Waals surface area contributed by atoms with E-state index < -0.39 is 5.91 Å². The second-order valence-corrected chi connectivity index (χ2v) is 11.7. The van der Waals surface area contributed by atoms with E-state index in [0.717, 1.165) is 50.3 Å². The number of H-pyrrole nitrogens is 1. The van der Waals surface area contributed by atoms with Crippen molar-refractivity contribution in [2.45, 2.75) is 26.2 Å². The van der Waals surface area contributed by atoms with Crippen LogP contribution in [0.4, 0.5) is 17.3 Å². The highest BCUT2D eigenvalue weighted by atomic mass is 16.5. The van der Waals surface area contributed by atoms with Crippen molar-refractivity contribution in [2.24, 2.45) is 0 Å². The number of hydrogen-bond acceptors (Lipinski definition) is 9. The number of unbranched alkanes of at least 4 members (excludes halogenated alkanes) is 1. The lowest BCUT2D eigenvalue weighted by Gasteiger charge is -2.34. The van der Waals surface area contributed by atoms with Gasteiger partial charge in [-0.1, -0.05) is 12.1 Å². The topological polar surface area (TPSA) is 146 Å². The summed E-state index contributed by atoms with van der Waals surface area (Å²) in [6.07, 6.45) is 2.19. The van der Waals surface area contributed by atoms with Crippen molar-refractivity contribution in [1.29, 1.82) is 0 Å². The Morgan fingerprint density at radius 2 is 1.85 bits per heavy atom. The number of nitrogens with zero attached hydrogens (tertiary/aromatic N) is 4. The van der Waals surface area contributed by atoms with E-state index in [1.165, 1.54) is 12.0 Å². The number of allylic oxidation sites excluding steroid dienone is 1. The minimum absolute atomic E-state index is 0.217. The molecule has 5 rings (SSSR count). The van der Waals surface area contributed by atoms with Crippen LogP contribution in [0.15, 0.2) is 60.3 Å². The van der Waals surface area contributed by atoms with Crippen LogP contribution >= 0.6 is 0 Å². The van der Waals surface area contributed by atoms with E-state index in [9.17, 15) is 14.4 Å². The van der Waals surface area contributed by atoms with Crippen LogP contribution in [0.3, 0.4) is 0 Å². The Kier molecular flexibility index (Phi) is 10.4. The number of benzene rings is 3. The minimum Gasteiger partial charge on any atom is -0.495 e. The summed E-state index contributed by atoms with van der Waals surface area (Å²) in [5.74, 6) is 2.61. The van der Waals surface area contributed by atoms with Crippen LogP contribution in [0.25, 0.3) is 11.0 Å². The predicted molar refractivity (Wildman–Crippen MR) is 183 cm³/mol. The highest BCUT2D eigenvalue weighted by molar-refractivity contribution is 6.13. The number of ether oxygens (including phenoxy) is 2. The van der Waals surface area contributed by atoms with Crippen molar-refractivity contribution in [3.8, 4) is 11.5 Å². The van der Waals surface area contributed by atoms with E-state index in [0.29, 0.717) is 58.1 Å². The molecule has 246 valence electrons. The summed E-state index contributed by atoms with van der Waals surface area (Å²) in [7, 11) is 5.25. The van der Waals surface area contributed by atoms with Crippen LogP contribution in [-0.2, 0) is 4.79 Å². The van der Waals surface area contributed by atoms with Crippen LogP contribution < -0.4 is 25.4 Å². The minimum atomic E-state index is -0.393. The number of methoxy groups -OCH3 is 1. The van der Waals surface area contributed by atoms with Gasteiger partial charge in [-0.2, -0.15) is 0 Å². The number of anilines is 3. The molecule has 0 bridgehead atoms.